The molecule has 0 amide bonds. The zero-order chi connectivity index (χ0) is 24.2. The Morgan fingerprint density at radius 3 is 2.39 bits per heavy atom. The number of carbonyl (C=O) groups excluding carboxylic acids is 1. The molecule has 3 saturated carbocycles. The van der Waals surface area contributed by atoms with Crippen molar-refractivity contribution in [2.75, 3.05) is 0 Å². The van der Waals surface area contributed by atoms with E-state index in [1.165, 1.54) is 57.8 Å². The first-order chi connectivity index (χ1) is 15.4. The van der Waals surface area contributed by atoms with Crippen molar-refractivity contribution in [3.63, 3.8) is 0 Å². The van der Waals surface area contributed by atoms with Gasteiger partial charge in [-0.3, -0.25) is 4.79 Å². The minimum Gasteiger partial charge on any atom is -0.462 e. The predicted octanol–water partition coefficient (Wildman–Crippen LogP) is 8.60. The second-order valence-electron chi connectivity index (χ2n) is 14.0. The summed E-state index contributed by atoms with van der Waals surface area (Å²) < 4.78 is 5.83. The Labute approximate surface area is 204 Å². The van der Waals surface area contributed by atoms with Crippen molar-refractivity contribution in [3.8, 4) is 0 Å². The highest BCUT2D eigenvalue weighted by atomic mass is 16.5. The number of fused-ring (bicyclic) bond motifs is 5. The Bertz CT molecular complexity index is 763. The Kier molecular flexibility index (Phi) is 6.91. The van der Waals surface area contributed by atoms with Gasteiger partial charge in [0.2, 0.25) is 0 Å². The van der Waals surface area contributed by atoms with Crippen LogP contribution in [0.5, 0.6) is 0 Å². The van der Waals surface area contributed by atoms with Crippen LogP contribution in [0, 0.1) is 51.8 Å². The molecule has 0 unspecified atom stereocenters. The minimum atomic E-state index is -0.126. The van der Waals surface area contributed by atoms with Crippen molar-refractivity contribution in [3.05, 3.63) is 11.6 Å². The molecule has 0 spiro atoms. The molecule has 2 nitrogen and oxygen atoms in total. The molecular weight excluding hydrogens is 404 g/mol. The first kappa shape index (κ1) is 25.3. The average molecular weight is 457 g/mol. The summed E-state index contributed by atoms with van der Waals surface area (Å²) in [6, 6.07) is 0. The van der Waals surface area contributed by atoms with Gasteiger partial charge in [-0.2, -0.15) is 0 Å². The van der Waals surface area contributed by atoms with Gasteiger partial charge in [-0.15, -0.1) is 0 Å². The van der Waals surface area contributed by atoms with E-state index in [0.29, 0.717) is 5.41 Å². The zero-order valence-corrected chi connectivity index (χ0v) is 23.0. The van der Waals surface area contributed by atoms with Crippen LogP contribution in [0.3, 0.4) is 0 Å². The Balaban J connectivity index is 1.53. The highest BCUT2D eigenvalue weighted by Crippen LogP contribution is 2.69. The maximum Gasteiger partial charge on any atom is 0.302 e. The van der Waals surface area contributed by atoms with E-state index in [9.17, 15) is 4.79 Å². The van der Waals surface area contributed by atoms with E-state index in [-0.39, 0.29) is 22.9 Å². The molecule has 3 fully saturated rings. The lowest BCUT2D eigenvalue weighted by Crippen LogP contribution is -2.55. The van der Waals surface area contributed by atoms with Gasteiger partial charge < -0.3 is 4.74 Å². The van der Waals surface area contributed by atoms with Gasteiger partial charge in [-0.05, 0) is 91.3 Å². The second kappa shape index (κ2) is 9.02. The van der Waals surface area contributed by atoms with Gasteiger partial charge in [0, 0.05) is 12.3 Å². The molecule has 0 bridgehead atoms. The van der Waals surface area contributed by atoms with Crippen molar-refractivity contribution in [1.82, 2.24) is 0 Å². The maximum absolute atomic E-state index is 11.8. The molecule has 0 heterocycles. The van der Waals surface area contributed by atoms with Crippen LogP contribution in [0.1, 0.15) is 120 Å². The number of esters is 1. The summed E-state index contributed by atoms with van der Waals surface area (Å²) in [6.45, 7) is 18.8. The number of ether oxygens (including phenoxy) is 1. The highest BCUT2D eigenvalue weighted by molar-refractivity contribution is 5.66. The number of hydrogen-bond acceptors (Lipinski definition) is 2. The van der Waals surface area contributed by atoms with E-state index in [1.807, 2.05) is 0 Å². The van der Waals surface area contributed by atoms with Crippen LogP contribution in [0.4, 0.5) is 0 Å². The van der Waals surface area contributed by atoms with E-state index < -0.39 is 0 Å². The zero-order valence-electron chi connectivity index (χ0n) is 23.0. The number of hydrogen-bond donors (Lipinski definition) is 0. The lowest BCUT2D eigenvalue weighted by Gasteiger charge is -2.61. The van der Waals surface area contributed by atoms with Gasteiger partial charge in [0.1, 0.15) is 6.10 Å². The first-order valence-corrected chi connectivity index (χ1v) is 14.3. The molecular formula is C31H52O2. The van der Waals surface area contributed by atoms with Crippen LogP contribution in [0.15, 0.2) is 11.6 Å². The topological polar surface area (TPSA) is 26.3 Å². The molecule has 2 heteroatoms. The summed E-state index contributed by atoms with van der Waals surface area (Å²) in [7, 11) is 0. The fourth-order valence-electron chi connectivity index (χ4n) is 9.81. The molecule has 0 saturated heterocycles. The average Bonchev–Trinajstić information content (AvgIpc) is 3.07. The lowest BCUT2D eigenvalue weighted by atomic mass is 9.44. The van der Waals surface area contributed by atoms with Crippen LogP contribution < -0.4 is 0 Å². The van der Waals surface area contributed by atoms with Gasteiger partial charge in [-0.1, -0.05) is 79.4 Å². The summed E-state index contributed by atoms with van der Waals surface area (Å²) in [5.74, 6) is 5.07. The molecule has 4 rings (SSSR count). The summed E-state index contributed by atoms with van der Waals surface area (Å²) in [5.41, 5.74) is 2.39. The predicted molar refractivity (Wildman–Crippen MR) is 138 cm³/mol. The molecule has 4 aliphatic carbocycles. The molecule has 0 N–H and O–H groups in total. The van der Waals surface area contributed by atoms with Gasteiger partial charge in [0.25, 0.3) is 0 Å². The highest BCUT2D eigenvalue weighted by Gasteiger charge is 2.61. The normalized spacial score (nSPS) is 42.7. The third-order valence-electron chi connectivity index (χ3n) is 11.4. The molecule has 33 heavy (non-hydrogen) atoms. The minimum absolute atomic E-state index is 0.0299. The Hall–Kier alpha value is -0.790. The fraction of sp³-hybridized carbons (Fsp3) is 0.903. The van der Waals surface area contributed by atoms with Crippen molar-refractivity contribution >= 4 is 5.97 Å². The summed E-state index contributed by atoms with van der Waals surface area (Å²) in [5, 5.41) is 0. The molecule has 0 aliphatic heterocycles. The second-order valence-corrected chi connectivity index (χ2v) is 14.0. The molecule has 4 aliphatic rings. The van der Waals surface area contributed by atoms with Crippen LogP contribution in [-0.4, -0.2) is 12.1 Å². The molecule has 0 radical (unpaired) electrons. The van der Waals surface area contributed by atoms with E-state index >= 15 is 0 Å². The molecule has 8 atom stereocenters. The van der Waals surface area contributed by atoms with E-state index in [4.69, 9.17) is 4.74 Å². The lowest BCUT2D eigenvalue weighted by molar-refractivity contribution is -0.157. The molecule has 0 aromatic heterocycles. The van der Waals surface area contributed by atoms with Crippen LogP contribution in [0.25, 0.3) is 0 Å². The molecule has 188 valence electrons. The SMILES string of the molecule is CC(=O)O[C@H]1CC[C@@]2(C)C(=CC[C@H]3[C@@H]4CC[C@H]([C@H](C)CCCC(C)C)[C@@]4(C)CC[C@@H]32)C1(C)C. The van der Waals surface area contributed by atoms with E-state index in [2.05, 4.69) is 54.5 Å². The van der Waals surface area contributed by atoms with Crippen LogP contribution in [0.2, 0.25) is 0 Å². The standard InChI is InChI=1S/C31H52O2/c1-20(2)10-9-11-21(3)24-13-14-25-23-12-15-27-29(5,6)28(33-22(4)32)17-19-31(27,8)26(23)16-18-30(24,25)7/h15,20-21,23-26,28H,9-14,16-19H2,1-8H3/t21-,23+,24-,25+,26+,28+,30-,31-/m1/s1. The Morgan fingerprint density at radius 1 is 1.00 bits per heavy atom. The van der Waals surface area contributed by atoms with Crippen molar-refractivity contribution in [2.24, 2.45) is 51.8 Å². The Morgan fingerprint density at radius 2 is 1.73 bits per heavy atom. The van der Waals surface area contributed by atoms with E-state index in [1.54, 1.807) is 12.5 Å². The first-order valence-electron chi connectivity index (χ1n) is 14.3. The number of allylic oxidation sites excluding steroid dienone is 1. The quantitative estimate of drug-likeness (QED) is 0.295. The monoisotopic (exact) mass is 456 g/mol. The fourth-order valence-corrected chi connectivity index (χ4v) is 9.81. The van der Waals surface area contributed by atoms with Gasteiger partial charge in [-0.25, -0.2) is 0 Å². The summed E-state index contributed by atoms with van der Waals surface area (Å²) in [6.07, 6.45) is 16.1. The summed E-state index contributed by atoms with van der Waals surface area (Å²) in [4.78, 5) is 11.8. The van der Waals surface area contributed by atoms with Crippen molar-refractivity contribution in [2.45, 2.75) is 126 Å². The van der Waals surface area contributed by atoms with Crippen LogP contribution in [-0.2, 0) is 9.53 Å². The summed E-state index contributed by atoms with van der Waals surface area (Å²) >= 11 is 0. The van der Waals surface area contributed by atoms with Crippen molar-refractivity contribution < 1.29 is 9.53 Å². The van der Waals surface area contributed by atoms with Gasteiger partial charge in [0.15, 0.2) is 0 Å². The van der Waals surface area contributed by atoms with Gasteiger partial charge >= 0.3 is 5.97 Å². The number of carbonyl (C=O) groups is 1. The maximum atomic E-state index is 11.8. The van der Waals surface area contributed by atoms with Crippen molar-refractivity contribution in [1.29, 1.82) is 0 Å². The number of rotatable bonds is 6. The third-order valence-corrected chi connectivity index (χ3v) is 11.4. The van der Waals surface area contributed by atoms with Gasteiger partial charge in [0.05, 0.1) is 0 Å². The largest absolute Gasteiger partial charge is 0.462 e. The molecule has 0 aromatic carbocycles. The van der Waals surface area contributed by atoms with E-state index in [0.717, 1.165) is 41.9 Å². The smallest absolute Gasteiger partial charge is 0.302 e. The van der Waals surface area contributed by atoms with Crippen LogP contribution >= 0.6 is 0 Å². The third kappa shape index (κ3) is 4.24. The molecule has 0 aromatic rings.